The molecule has 0 aliphatic carbocycles. The summed E-state index contributed by atoms with van der Waals surface area (Å²) in [6.45, 7) is 0. The minimum Gasteiger partial charge on any atom is -0.390 e. The average molecular weight is 605 g/mol. The third-order valence-electron chi connectivity index (χ3n) is 6.57. The van der Waals surface area contributed by atoms with Gasteiger partial charge in [0.15, 0.2) is 34.7 Å². The van der Waals surface area contributed by atoms with Crippen LogP contribution in [-0.2, 0) is 0 Å². The van der Waals surface area contributed by atoms with Crippen LogP contribution < -0.4 is 38.5 Å². The molecule has 0 atom stereocenters. The Labute approximate surface area is 247 Å². The summed E-state index contributed by atoms with van der Waals surface area (Å²) in [4.78, 5) is 12.8. The van der Waals surface area contributed by atoms with Gasteiger partial charge in [0.25, 0.3) is 0 Å². The topological polar surface area (TPSA) is 260 Å². The molecule has 0 fully saturated rings. The summed E-state index contributed by atoms with van der Waals surface area (Å²) < 4.78 is 58.7. The van der Waals surface area contributed by atoms with Crippen LogP contribution >= 0.6 is 0 Å². The first-order valence-electron chi connectivity index (χ1n) is 12.1. The summed E-state index contributed by atoms with van der Waals surface area (Å²) in [6.07, 6.45) is 0. The maximum Gasteiger partial charge on any atom is 0.173 e. The molecule has 2 aromatic carbocycles. The van der Waals surface area contributed by atoms with E-state index in [2.05, 4.69) is 25.8 Å². The number of nitrogen functional groups attached to an aromatic ring is 1. The summed E-state index contributed by atoms with van der Waals surface area (Å²) in [7, 11) is 0. The summed E-state index contributed by atoms with van der Waals surface area (Å²) >= 11 is 0. The number of hydrazine groups is 1. The van der Waals surface area contributed by atoms with E-state index in [-0.39, 0.29) is 66.7 Å². The zero-order chi connectivity index (χ0) is 32.7. The van der Waals surface area contributed by atoms with Crippen LogP contribution in [-0.4, -0.2) is 15.0 Å². The first kappa shape index (κ1) is 29.1. The molecule has 17 heteroatoms. The first-order valence-corrected chi connectivity index (χ1v) is 12.1. The van der Waals surface area contributed by atoms with Crippen LogP contribution in [0.1, 0.15) is 22.5 Å². The molecule has 0 unspecified atom stereocenters. The Balaban J connectivity index is 1.79. The number of nitriles is 5. The van der Waals surface area contributed by atoms with Crippen molar-refractivity contribution in [3.63, 3.8) is 0 Å². The average Bonchev–Trinajstić information content (AvgIpc) is 3.05. The van der Waals surface area contributed by atoms with Gasteiger partial charge < -0.3 is 17.2 Å². The third-order valence-corrected chi connectivity index (χ3v) is 6.57. The summed E-state index contributed by atoms with van der Waals surface area (Å²) in [5.74, 6) is -9.02. The Morgan fingerprint density at radius 1 is 0.644 bits per heavy atom. The standard InChI is InChI=1S/C28H11F4N13/c29-20-18(14(38)6-35)21(30)23(32)19(22(20)31)28(40)45-44-15-3-12-11-2-10(5-34)27(39)43-25(11)26-13(24(12)42-17(15)8-37)1-9(4-33)16(7-36)41-26/h1-3,44-45H,38,40H2,(H2,39,43). The van der Waals surface area contributed by atoms with Crippen LogP contribution in [0.25, 0.3) is 44.2 Å². The minimum absolute atomic E-state index is 0.0420. The molecule has 216 valence electrons. The van der Waals surface area contributed by atoms with Gasteiger partial charge in [-0.2, -0.15) is 26.3 Å². The number of hydrogen-bond acceptors (Lipinski definition) is 13. The SMILES string of the molecule is N#CC(N)=c1c(F)c(F)c(=C(N)NNc2cc3c4cc(C#N)c(N)nc4c4nc(C#N)c(C#N)cc4c3nc2C#N)c(F)c1F. The molecule has 0 bridgehead atoms. The molecule has 0 amide bonds. The first-order chi connectivity index (χ1) is 21.5. The van der Waals surface area contributed by atoms with E-state index in [1.54, 1.807) is 0 Å². The van der Waals surface area contributed by atoms with Gasteiger partial charge in [0.1, 0.15) is 53.2 Å². The number of rotatable bonds is 3. The minimum atomic E-state index is -1.97. The number of pyridine rings is 3. The van der Waals surface area contributed by atoms with Crippen LogP contribution in [0.4, 0.5) is 29.1 Å². The molecule has 3 heterocycles. The second kappa shape index (κ2) is 10.8. The number of fused-ring (bicyclic) bond motifs is 6. The van der Waals surface area contributed by atoms with Crippen LogP contribution in [0, 0.1) is 79.9 Å². The van der Waals surface area contributed by atoms with Crippen molar-refractivity contribution in [3.8, 4) is 30.3 Å². The maximum atomic E-state index is 14.8. The molecular weight excluding hydrogens is 594 g/mol. The number of nitrogens with two attached hydrogens (primary N) is 3. The fourth-order valence-electron chi connectivity index (χ4n) is 4.51. The fraction of sp³-hybridized carbons (Fsp3) is 0. The van der Waals surface area contributed by atoms with Gasteiger partial charge in [-0.3, -0.25) is 10.9 Å². The lowest BCUT2D eigenvalue weighted by Crippen LogP contribution is -2.39. The molecule has 5 aromatic rings. The molecule has 0 spiro atoms. The molecule has 5 rings (SSSR count). The smallest absolute Gasteiger partial charge is 0.173 e. The van der Waals surface area contributed by atoms with Crippen molar-refractivity contribution in [2.24, 2.45) is 11.5 Å². The highest BCUT2D eigenvalue weighted by Gasteiger charge is 2.23. The lowest BCUT2D eigenvalue weighted by molar-refractivity contribution is 0.433. The lowest BCUT2D eigenvalue weighted by Gasteiger charge is -2.15. The number of anilines is 2. The lowest BCUT2D eigenvalue weighted by atomic mass is 9.99. The van der Waals surface area contributed by atoms with Crippen LogP contribution in [0.15, 0.2) is 18.2 Å². The van der Waals surface area contributed by atoms with Gasteiger partial charge in [-0.15, -0.1) is 0 Å². The number of halogens is 4. The number of aromatic nitrogens is 3. The van der Waals surface area contributed by atoms with E-state index >= 15 is 0 Å². The van der Waals surface area contributed by atoms with Gasteiger partial charge in [0, 0.05) is 16.2 Å². The normalized spacial score (nSPS) is 10.4. The van der Waals surface area contributed by atoms with Crippen molar-refractivity contribution < 1.29 is 17.6 Å². The largest absolute Gasteiger partial charge is 0.390 e. The third kappa shape index (κ3) is 4.41. The Morgan fingerprint density at radius 2 is 1.18 bits per heavy atom. The van der Waals surface area contributed by atoms with E-state index in [0.717, 1.165) is 0 Å². The van der Waals surface area contributed by atoms with Gasteiger partial charge in [0.2, 0.25) is 0 Å². The highest BCUT2D eigenvalue weighted by Crippen LogP contribution is 2.36. The van der Waals surface area contributed by atoms with Gasteiger partial charge in [0.05, 0.1) is 38.3 Å². The second-order valence-electron chi connectivity index (χ2n) is 9.02. The fourth-order valence-corrected chi connectivity index (χ4v) is 4.51. The quantitative estimate of drug-likeness (QED) is 0.0838. The van der Waals surface area contributed by atoms with Crippen molar-refractivity contribution in [1.29, 1.82) is 26.3 Å². The molecule has 0 radical (unpaired) electrons. The molecule has 0 aliphatic heterocycles. The van der Waals surface area contributed by atoms with E-state index in [0.29, 0.717) is 0 Å². The molecular formula is C28H11F4N13. The molecule has 0 saturated carbocycles. The zero-order valence-corrected chi connectivity index (χ0v) is 22.1. The van der Waals surface area contributed by atoms with Gasteiger partial charge >= 0.3 is 0 Å². The van der Waals surface area contributed by atoms with Crippen molar-refractivity contribution in [2.75, 3.05) is 11.2 Å². The zero-order valence-electron chi connectivity index (χ0n) is 22.1. The highest BCUT2D eigenvalue weighted by atomic mass is 19.2. The van der Waals surface area contributed by atoms with E-state index < -0.39 is 45.2 Å². The Kier molecular flexibility index (Phi) is 6.96. The van der Waals surface area contributed by atoms with Crippen molar-refractivity contribution in [3.05, 3.63) is 74.4 Å². The number of nitrogens with one attached hydrogen (secondary N) is 2. The maximum absolute atomic E-state index is 14.8. The molecule has 0 saturated heterocycles. The van der Waals surface area contributed by atoms with Gasteiger partial charge in [-0.1, -0.05) is 0 Å². The Morgan fingerprint density at radius 3 is 1.76 bits per heavy atom. The van der Waals surface area contributed by atoms with Gasteiger partial charge in [-0.05, 0) is 18.2 Å². The number of hydrogen-bond donors (Lipinski definition) is 5. The van der Waals surface area contributed by atoms with E-state index in [4.69, 9.17) is 22.5 Å². The highest BCUT2D eigenvalue weighted by molar-refractivity contribution is 6.23. The summed E-state index contributed by atoms with van der Waals surface area (Å²) in [5, 5.41) is 45.1. The monoisotopic (exact) mass is 605 g/mol. The Bertz CT molecular complexity index is 2490. The van der Waals surface area contributed by atoms with Crippen molar-refractivity contribution >= 4 is 55.7 Å². The van der Waals surface area contributed by atoms with Gasteiger partial charge in [-0.25, -0.2) is 32.5 Å². The van der Waals surface area contributed by atoms with Crippen LogP contribution in [0.5, 0.6) is 0 Å². The molecule has 8 N–H and O–H groups in total. The van der Waals surface area contributed by atoms with E-state index in [1.165, 1.54) is 24.3 Å². The molecule has 13 nitrogen and oxygen atoms in total. The van der Waals surface area contributed by atoms with Crippen LogP contribution in [0.3, 0.4) is 0 Å². The number of nitrogens with zero attached hydrogens (tertiary/aromatic N) is 8. The second-order valence-corrected chi connectivity index (χ2v) is 9.02. The molecule has 3 aromatic heterocycles. The van der Waals surface area contributed by atoms with Crippen LogP contribution in [0.2, 0.25) is 0 Å². The van der Waals surface area contributed by atoms with E-state index in [9.17, 15) is 38.6 Å². The summed E-state index contributed by atoms with van der Waals surface area (Å²) in [6, 6.07) is 12.6. The predicted octanol–water partition coefficient (Wildman–Crippen LogP) is 1.19. The van der Waals surface area contributed by atoms with Crippen molar-refractivity contribution in [2.45, 2.75) is 0 Å². The van der Waals surface area contributed by atoms with E-state index in [1.807, 2.05) is 24.3 Å². The molecule has 0 aliphatic rings. The summed E-state index contributed by atoms with van der Waals surface area (Å²) in [5.41, 5.74) is 19.7. The number of benzene rings is 2. The molecule has 45 heavy (non-hydrogen) atoms. The predicted molar refractivity (Wildman–Crippen MR) is 149 cm³/mol. The van der Waals surface area contributed by atoms with Crippen molar-refractivity contribution in [1.82, 2.24) is 20.4 Å². The Hall–Kier alpha value is -7.42.